The van der Waals surface area contributed by atoms with Crippen LogP contribution in [0.25, 0.3) is 0 Å². The summed E-state index contributed by atoms with van der Waals surface area (Å²) in [5, 5.41) is 2.71. The quantitative estimate of drug-likeness (QED) is 0.649. The molecule has 2 amide bonds. The number of likely N-dealkylation sites (N-methyl/N-ethyl adjacent to an activating group) is 1. The lowest BCUT2D eigenvalue weighted by Gasteiger charge is -2.35. The lowest BCUT2D eigenvalue weighted by atomic mass is 10.0. The molecule has 26 heavy (non-hydrogen) atoms. The number of carbonyl (C=O) groups is 3. The van der Waals surface area contributed by atoms with Gasteiger partial charge in [0.2, 0.25) is 11.8 Å². The Labute approximate surface area is 154 Å². The zero-order chi connectivity index (χ0) is 19.3. The van der Waals surface area contributed by atoms with Gasteiger partial charge in [0.25, 0.3) is 0 Å². The van der Waals surface area contributed by atoms with Gasteiger partial charge >= 0.3 is 0 Å². The monoisotopic (exact) mass is 357 g/mol. The minimum atomic E-state index is -0.358. The molecule has 2 rings (SSSR count). The van der Waals surface area contributed by atoms with Crippen molar-refractivity contribution in [2.45, 2.75) is 32.7 Å². The first kappa shape index (κ1) is 19.8. The number of nitrogens with zero attached hydrogens (tertiary/aromatic N) is 2. The van der Waals surface area contributed by atoms with Gasteiger partial charge in [0, 0.05) is 36.0 Å². The number of piperidine rings is 1. The summed E-state index contributed by atoms with van der Waals surface area (Å²) in [6, 6.07) is 6.87. The number of hydrogen-bond acceptors (Lipinski definition) is 4. The van der Waals surface area contributed by atoms with Crippen molar-refractivity contribution in [2.75, 3.05) is 32.5 Å². The normalized spacial score (nSPS) is 16.2. The fraction of sp³-hybridized carbons (Fsp3) is 0.450. The molecule has 1 N–H and O–H groups in total. The predicted octanol–water partition coefficient (Wildman–Crippen LogP) is 2.33. The third-order valence-corrected chi connectivity index (χ3v) is 4.80. The van der Waals surface area contributed by atoms with E-state index in [9.17, 15) is 14.4 Å². The van der Waals surface area contributed by atoms with Crippen LogP contribution in [0.3, 0.4) is 0 Å². The Morgan fingerprint density at radius 2 is 1.69 bits per heavy atom. The smallest absolute Gasteiger partial charge is 0.249 e. The van der Waals surface area contributed by atoms with Crippen LogP contribution in [-0.4, -0.2) is 60.6 Å². The molecule has 1 fully saturated rings. The van der Waals surface area contributed by atoms with E-state index in [-0.39, 0.29) is 23.6 Å². The molecule has 1 aromatic rings. The van der Waals surface area contributed by atoms with Crippen molar-refractivity contribution in [1.82, 2.24) is 9.80 Å². The van der Waals surface area contributed by atoms with E-state index in [1.54, 1.807) is 43.1 Å². The van der Waals surface area contributed by atoms with E-state index >= 15 is 0 Å². The number of anilines is 1. The van der Waals surface area contributed by atoms with Crippen LogP contribution in [0.2, 0.25) is 0 Å². The Bertz CT molecular complexity index is 702. The molecule has 6 nitrogen and oxygen atoms in total. The molecule has 140 valence electrons. The number of rotatable bonds is 5. The Kier molecular flexibility index (Phi) is 6.69. The first-order valence-electron chi connectivity index (χ1n) is 8.84. The number of carbonyl (C=O) groups excluding carboxylic acids is 3. The Hall–Kier alpha value is -2.47. The summed E-state index contributed by atoms with van der Waals surface area (Å²) in [5.41, 5.74) is 1.58. The van der Waals surface area contributed by atoms with Gasteiger partial charge in [-0.3, -0.25) is 14.4 Å². The number of likely N-dealkylation sites (tertiary alicyclic amines) is 1. The van der Waals surface area contributed by atoms with Gasteiger partial charge in [-0.15, -0.1) is 0 Å². The summed E-state index contributed by atoms with van der Waals surface area (Å²) >= 11 is 0. The van der Waals surface area contributed by atoms with Crippen molar-refractivity contribution < 1.29 is 14.4 Å². The molecule has 0 bridgehead atoms. The van der Waals surface area contributed by atoms with Crippen molar-refractivity contribution in [1.29, 1.82) is 0 Å². The largest absolute Gasteiger partial charge is 0.339 e. The van der Waals surface area contributed by atoms with Crippen molar-refractivity contribution in [3.05, 3.63) is 41.5 Å². The predicted molar refractivity (Wildman–Crippen MR) is 102 cm³/mol. The maximum absolute atomic E-state index is 12.6. The number of amides is 2. The highest BCUT2D eigenvalue weighted by molar-refractivity contribution is 6.06. The fourth-order valence-corrected chi connectivity index (χ4v) is 3.05. The third kappa shape index (κ3) is 5.26. The van der Waals surface area contributed by atoms with Gasteiger partial charge in [0.1, 0.15) is 0 Å². The average Bonchev–Trinajstić information content (AvgIpc) is 2.61. The van der Waals surface area contributed by atoms with E-state index < -0.39 is 0 Å². The summed E-state index contributed by atoms with van der Waals surface area (Å²) in [4.78, 5) is 40.0. The molecule has 1 aliphatic rings. The molecule has 0 unspecified atom stereocenters. The first-order valence-corrected chi connectivity index (χ1v) is 8.84. The van der Waals surface area contributed by atoms with E-state index in [1.165, 1.54) is 13.0 Å². The van der Waals surface area contributed by atoms with Crippen molar-refractivity contribution >= 4 is 23.3 Å². The van der Waals surface area contributed by atoms with Crippen LogP contribution in [0.1, 0.15) is 37.0 Å². The van der Waals surface area contributed by atoms with Crippen molar-refractivity contribution in [3.63, 3.8) is 0 Å². The van der Waals surface area contributed by atoms with Crippen molar-refractivity contribution in [2.24, 2.45) is 0 Å². The molecule has 1 saturated heterocycles. The van der Waals surface area contributed by atoms with Crippen LogP contribution >= 0.6 is 0 Å². The van der Waals surface area contributed by atoms with E-state index in [0.29, 0.717) is 16.8 Å². The first-order chi connectivity index (χ1) is 12.3. The molecule has 6 heteroatoms. The van der Waals surface area contributed by atoms with Gasteiger partial charge in [-0.25, -0.2) is 0 Å². The summed E-state index contributed by atoms with van der Waals surface area (Å²) in [6.45, 7) is 5.10. The highest BCUT2D eigenvalue weighted by Crippen LogP contribution is 2.16. The third-order valence-electron chi connectivity index (χ3n) is 4.80. The summed E-state index contributed by atoms with van der Waals surface area (Å²) in [7, 11) is 3.88. The molecule has 1 aromatic carbocycles. The highest BCUT2D eigenvalue weighted by Gasteiger charge is 2.24. The molecular weight excluding hydrogens is 330 g/mol. The van der Waals surface area contributed by atoms with Crippen LogP contribution in [0, 0.1) is 0 Å². The highest BCUT2D eigenvalue weighted by atomic mass is 16.2. The lowest BCUT2D eigenvalue weighted by Crippen LogP contribution is -2.44. The van der Waals surface area contributed by atoms with Gasteiger partial charge in [-0.05, 0) is 71.1 Å². The SMILES string of the molecule is CC(=O)c1ccc(NC(=O)/C=C(/C)C(=O)N(C)C2CCN(C)CC2)cc1. The molecule has 0 radical (unpaired) electrons. The van der Waals surface area contributed by atoms with Gasteiger partial charge < -0.3 is 15.1 Å². The zero-order valence-electron chi connectivity index (χ0n) is 15.9. The minimum absolute atomic E-state index is 0.0267. The molecule has 0 aliphatic carbocycles. The molecular formula is C20H27N3O3. The van der Waals surface area contributed by atoms with Gasteiger partial charge in [0.05, 0.1) is 0 Å². The van der Waals surface area contributed by atoms with Crippen molar-refractivity contribution in [3.8, 4) is 0 Å². The average molecular weight is 357 g/mol. The second kappa shape index (κ2) is 8.76. The maximum Gasteiger partial charge on any atom is 0.249 e. The zero-order valence-corrected chi connectivity index (χ0v) is 15.9. The Morgan fingerprint density at radius 1 is 1.12 bits per heavy atom. The number of Topliss-reactive ketones (excluding diaryl/α,β-unsaturated/α-hetero) is 1. The number of nitrogens with one attached hydrogen (secondary N) is 1. The van der Waals surface area contributed by atoms with Gasteiger partial charge in [-0.1, -0.05) is 0 Å². The summed E-state index contributed by atoms with van der Waals surface area (Å²) in [5.74, 6) is -0.508. The van der Waals surface area contributed by atoms with E-state index in [0.717, 1.165) is 25.9 Å². The molecule has 0 aromatic heterocycles. The maximum atomic E-state index is 12.6. The second-order valence-corrected chi connectivity index (χ2v) is 6.90. The molecule has 1 heterocycles. The van der Waals surface area contributed by atoms with Gasteiger partial charge in [0.15, 0.2) is 5.78 Å². The minimum Gasteiger partial charge on any atom is -0.339 e. The topological polar surface area (TPSA) is 69.7 Å². The summed E-state index contributed by atoms with van der Waals surface area (Å²) < 4.78 is 0. The Balaban J connectivity index is 1.95. The Morgan fingerprint density at radius 3 is 2.23 bits per heavy atom. The number of benzene rings is 1. The fourth-order valence-electron chi connectivity index (χ4n) is 3.05. The number of hydrogen-bond donors (Lipinski definition) is 1. The molecule has 0 spiro atoms. The van der Waals surface area contributed by atoms with Crippen LogP contribution in [0.4, 0.5) is 5.69 Å². The van der Waals surface area contributed by atoms with Crippen LogP contribution in [-0.2, 0) is 9.59 Å². The molecule has 0 saturated carbocycles. The molecule has 0 atom stereocenters. The van der Waals surface area contributed by atoms with E-state index in [2.05, 4.69) is 17.3 Å². The van der Waals surface area contributed by atoms with Crippen LogP contribution in [0.5, 0.6) is 0 Å². The second-order valence-electron chi connectivity index (χ2n) is 6.90. The summed E-state index contributed by atoms with van der Waals surface area (Å²) in [6.07, 6.45) is 3.22. The van der Waals surface area contributed by atoms with E-state index in [4.69, 9.17) is 0 Å². The van der Waals surface area contributed by atoms with Gasteiger partial charge in [-0.2, -0.15) is 0 Å². The van der Waals surface area contributed by atoms with Crippen LogP contribution in [0.15, 0.2) is 35.9 Å². The lowest BCUT2D eigenvalue weighted by molar-refractivity contribution is -0.129. The van der Waals surface area contributed by atoms with Crippen LogP contribution < -0.4 is 5.32 Å². The number of ketones is 1. The van der Waals surface area contributed by atoms with E-state index in [1.807, 2.05) is 0 Å². The standard InChI is InChI=1S/C20H27N3O3/c1-14(20(26)23(4)18-9-11-22(3)12-10-18)13-19(25)21-17-7-5-16(6-8-17)15(2)24/h5-8,13,18H,9-12H2,1-4H3,(H,21,25)/b14-13-. The molecule has 1 aliphatic heterocycles.